The van der Waals surface area contributed by atoms with E-state index >= 15 is 0 Å². The number of aromatic hydroxyl groups is 6. The van der Waals surface area contributed by atoms with Crippen LogP contribution in [0.25, 0.3) is 50.5 Å². The molecule has 0 radical (unpaired) electrons. The molecule has 3 aliphatic heterocycles. The molecule has 36 heteroatoms. The number of aliphatic carboxylic acids is 3. The number of hydrogen-bond acceptors (Lipinski definition) is 33. The number of benzene rings is 6. The maximum absolute atomic E-state index is 13.7. The van der Waals surface area contributed by atoms with Gasteiger partial charge in [0.25, 0.3) is 0 Å². The highest BCUT2D eigenvalue weighted by molar-refractivity contribution is 5.93. The summed E-state index contributed by atoms with van der Waals surface area (Å²) in [4.78, 5) is 74.8. The van der Waals surface area contributed by atoms with E-state index in [0.29, 0.717) is 49.5 Å². The van der Waals surface area contributed by atoms with Crippen LogP contribution in [0.4, 0.5) is 0 Å². The molecule has 3 aliphatic rings. The van der Waals surface area contributed by atoms with Gasteiger partial charge >= 0.3 is 17.9 Å². The third kappa shape index (κ3) is 25.8. The SMILES string of the molecule is CC1C(O)OC(COc2cc(CCOc3ccc(/C=C/C=C/C=C/O)cc3O)cc3ccc(CC(=O)O)c(O)c3c2=O)C(O)C1O.CC1C(O)OC(COc2cc(CCOc3ccc(/C=C/C=C/O)cc3O)cc3ccc(CC(=O)O)c(O)c3c2=O)C(O)C1O.CC1C(O)OC(COc2cc(CCOc3ccc(/C=C/O)cc3O)cc3ccc(CC(=O)O)c(O)c3c2=O)C(O)C1O. The van der Waals surface area contributed by atoms with Gasteiger partial charge in [0, 0.05) is 53.7 Å². The Hall–Kier alpha value is -13.9. The molecule has 36 nitrogen and oxygen atoms in total. The molecule has 0 amide bonds. The Labute approximate surface area is 752 Å². The van der Waals surface area contributed by atoms with Gasteiger partial charge in [-0.2, -0.15) is 0 Å². The highest BCUT2D eigenvalue weighted by Crippen LogP contribution is 2.38. The number of fused-ring (bicyclic) bond motifs is 3. The molecule has 15 unspecified atom stereocenters. The van der Waals surface area contributed by atoms with Gasteiger partial charge < -0.3 is 150 Å². The number of aliphatic hydroxyl groups excluding tert-OH is 12. The average molecular weight is 1830 g/mol. The van der Waals surface area contributed by atoms with Crippen LogP contribution in [0.3, 0.4) is 0 Å². The number of carboxylic acid groups (broad SMARTS) is 3. The minimum absolute atomic E-state index is 0.0235. The summed E-state index contributed by atoms with van der Waals surface area (Å²) >= 11 is 0. The van der Waals surface area contributed by atoms with E-state index < -0.39 is 182 Å². The molecule has 9 aromatic carbocycles. The van der Waals surface area contributed by atoms with E-state index in [0.717, 1.165) is 18.8 Å². The summed E-state index contributed by atoms with van der Waals surface area (Å²) in [5.41, 5.74) is 1.29. The number of rotatable bonds is 33. The van der Waals surface area contributed by atoms with E-state index in [1.807, 2.05) is 0 Å². The van der Waals surface area contributed by atoms with Crippen LogP contribution in [0.1, 0.15) is 70.8 Å². The van der Waals surface area contributed by atoms with Crippen LogP contribution in [-0.2, 0) is 67.1 Å². The molecular weight excluding hydrogens is 1730 g/mol. The Bertz CT molecular complexity index is 5990. The standard InChI is InChI=1S/C34H36O12.C32H34O12.C30H32O12/c1-19-30(39)33(42)27(46-34(19)43)18-45-26-16-21(14-22-8-9-23(17-28(37)38)31(40)29(22)32(26)41)11-13-44-25-10-7-20(15-24(25)36)6-4-2-3-5-12-35;1-17-28(37)31(40)25(44-32(17)41)16-43-24-14-19(9-11-42-23-8-5-18(13-22(23)34)4-2-3-10-33)12-20-6-7-21(15-26(35)36)29(38)27(20)30(24)39;1-15-26(35)29(38)23(42-30(15)39)14-41-22-12-17(7-9-40-21-5-2-16(6-8-31)11-20(21)32)10-18-3-4-19(13-24(33)34)27(36)25(18)28(22)37/h2-10,12,14-16,19,27,30,33-36,39-40,42-43H,11,13,17-18H2,1H3,(H,37,38);2-8,10,12-14,17,25,28,31-34,37-38,40-41H,9,11,15-16H2,1H3,(H,35,36);2-6,8,10-12,15,23,26,29-32,35-36,38-39H,7,9,13-14H2,1H3,(H,33,34)/b3-2+,6-4+,12-5+;4-2+,10-3+;8-6+. The summed E-state index contributed by atoms with van der Waals surface area (Å²) in [5.74, 6) is -7.97. The number of carboxylic acids is 3. The molecule has 0 aromatic heterocycles. The smallest absolute Gasteiger partial charge is 0.307 e. The van der Waals surface area contributed by atoms with Crippen LogP contribution >= 0.6 is 0 Å². The molecule has 9 aromatic rings. The first-order chi connectivity index (χ1) is 63.0. The zero-order chi connectivity index (χ0) is 95.9. The molecule has 0 aliphatic carbocycles. The molecule has 21 N–H and O–H groups in total. The summed E-state index contributed by atoms with van der Waals surface area (Å²) in [6, 6.07) is 32.0. The molecule has 702 valence electrons. The Kier molecular flexibility index (Phi) is 35.4. The topological polar surface area (TPSA) is 610 Å². The lowest BCUT2D eigenvalue weighted by Gasteiger charge is -2.39. The van der Waals surface area contributed by atoms with Gasteiger partial charge in [-0.1, -0.05) is 130 Å². The minimum atomic E-state index is -1.42. The van der Waals surface area contributed by atoms with Gasteiger partial charge in [-0.3, -0.25) is 28.8 Å². The van der Waals surface area contributed by atoms with Crippen molar-refractivity contribution in [2.45, 2.75) is 133 Å². The summed E-state index contributed by atoms with van der Waals surface area (Å²) in [6.45, 7) is 3.37. The molecular formula is C96H102O36. The van der Waals surface area contributed by atoms with Crippen LogP contribution in [-0.4, -0.2) is 239 Å². The van der Waals surface area contributed by atoms with Gasteiger partial charge in [0.05, 0.1) is 92.3 Å². The number of hydrogen-bond donors (Lipinski definition) is 21. The third-order valence-corrected chi connectivity index (χ3v) is 21.9. The maximum Gasteiger partial charge on any atom is 0.307 e. The van der Waals surface area contributed by atoms with Crippen molar-refractivity contribution < 1.29 is 164 Å². The molecule has 0 saturated carbocycles. The molecule has 0 bridgehead atoms. The highest BCUT2D eigenvalue weighted by Gasteiger charge is 2.45. The molecule has 3 fully saturated rings. The lowest BCUT2D eigenvalue weighted by molar-refractivity contribution is -0.264. The molecule has 0 spiro atoms. The maximum atomic E-state index is 13.7. The van der Waals surface area contributed by atoms with Crippen LogP contribution < -0.4 is 44.7 Å². The van der Waals surface area contributed by atoms with E-state index in [-0.39, 0.29) is 124 Å². The number of aliphatic hydroxyl groups is 12. The first-order valence-corrected chi connectivity index (χ1v) is 41.4. The van der Waals surface area contributed by atoms with Crippen molar-refractivity contribution in [3.8, 4) is 69.0 Å². The summed E-state index contributed by atoms with van der Waals surface area (Å²) in [5, 5.41) is 210. The van der Waals surface area contributed by atoms with E-state index in [4.69, 9.17) is 58.0 Å². The quantitative estimate of drug-likeness (QED) is 0.0143. The molecule has 132 heavy (non-hydrogen) atoms. The molecule has 12 rings (SSSR count). The summed E-state index contributed by atoms with van der Waals surface area (Å²) < 4.78 is 50.6. The number of phenols is 6. The van der Waals surface area contributed by atoms with E-state index in [9.17, 15) is 121 Å². The normalized spacial score (nSPS) is 22.0. The van der Waals surface area contributed by atoms with Gasteiger partial charge in [-0.05, 0) is 122 Å². The van der Waals surface area contributed by atoms with Gasteiger partial charge in [0.2, 0.25) is 16.3 Å². The average Bonchev–Trinajstić information content (AvgIpc) is 1.62. The van der Waals surface area contributed by atoms with E-state index in [1.54, 1.807) is 85.0 Å². The second-order valence-corrected chi connectivity index (χ2v) is 31.2. The van der Waals surface area contributed by atoms with Crippen LogP contribution in [0, 0.1) is 17.8 Å². The third-order valence-electron chi connectivity index (χ3n) is 21.9. The second kappa shape index (κ2) is 46.6. The largest absolute Gasteiger partial charge is 0.516 e. The zero-order valence-corrected chi connectivity index (χ0v) is 71.2. The van der Waals surface area contributed by atoms with E-state index in [1.165, 1.54) is 118 Å². The van der Waals surface area contributed by atoms with Gasteiger partial charge in [0.15, 0.2) is 70.6 Å². The van der Waals surface area contributed by atoms with Crippen molar-refractivity contribution in [3.05, 3.63) is 263 Å². The van der Waals surface area contributed by atoms with Crippen LogP contribution in [0.5, 0.6) is 69.0 Å². The number of phenolic OH excluding ortho intramolecular Hbond substituents is 6. The molecule has 15 atom stereocenters. The lowest BCUT2D eigenvalue weighted by Crippen LogP contribution is -2.55. The first kappa shape index (κ1) is 100. The Morgan fingerprint density at radius 3 is 0.886 bits per heavy atom. The predicted molar refractivity (Wildman–Crippen MR) is 477 cm³/mol. The number of allylic oxidation sites excluding steroid dienone is 6. The fourth-order valence-corrected chi connectivity index (χ4v) is 14.4. The predicted octanol–water partition coefficient (Wildman–Crippen LogP) is 7.20. The van der Waals surface area contributed by atoms with Crippen LogP contribution in [0.15, 0.2) is 197 Å². The van der Waals surface area contributed by atoms with E-state index in [2.05, 4.69) is 0 Å². The number of carbonyl (C=O) groups is 3. The van der Waals surface area contributed by atoms with Crippen LogP contribution in [0.2, 0.25) is 0 Å². The minimum Gasteiger partial charge on any atom is -0.516 e. The van der Waals surface area contributed by atoms with Crippen molar-refractivity contribution in [1.29, 1.82) is 0 Å². The highest BCUT2D eigenvalue weighted by atomic mass is 16.7. The Balaban J connectivity index is 0.000000206. The molecule has 3 heterocycles. The van der Waals surface area contributed by atoms with Crippen molar-refractivity contribution in [2.24, 2.45) is 17.8 Å². The first-order valence-electron chi connectivity index (χ1n) is 41.4. The Morgan fingerprint density at radius 1 is 0.326 bits per heavy atom. The fourth-order valence-electron chi connectivity index (χ4n) is 14.4. The Morgan fingerprint density at radius 2 is 0.606 bits per heavy atom. The van der Waals surface area contributed by atoms with Crippen molar-refractivity contribution >= 4 is 68.5 Å². The van der Waals surface area contributed by atoms with Crippen molar-refractivity contribution in [1.82, 2.24) is 0 Å². The number of ether oxygens (including phenoxy) is 9. The van der Waals surface area contributed by atoms with Crippen molar-refractivity contribution in [3.63, 3.8) is 0 Å². The van der Waals surface area contributed by atoms with Gasteiger partial charge in [-0.15, -0.1) is 0 Å². The fraction of sp³-hybridized carbons (Fsp3) is 0.312. The monoisotopic (exact) mass is 1830 g/mol. The zero-order valence-electron chi connectivity index (χ0n) is 71.2. The van der Waals surface area contributed by atoms with Gasteiger partial charge in [0.1, 0.15) is 73.7 Å². The molecule has 3 saturated heterocycles. The second-order valence-electron chi connectivity index (χ2n) is 31.2. The van der Waals surface area contributed by atoms with Gasteiger partial charge in [-0.25, -0.2) is 0 Å². The lowest BCUT2D eigenvalue weighted by atomic mass is 9.93. The van der Waals surface area contributed by atoms with Crippen molar-refractivity contribution in [2.75, 3.05) is 39.6 Å². The summed E-state index contributed by atoms with van der Waals surface area (Å²) in [7, 11) is 0. The summed E-state index contributed by atoms with van der Waals surface area (Å²) in [6.07, 6.45) is 0.146.